The first-order valence-corrected chi connectivity index (χ1v) is 9.04. The highest BCUT2D eigenvalue weighted by molar-refractivity contribution is 5.24. The Morgan fingerprint density at radius 3 is 2.52 bits per heavy atom. The number of hydrogen-bond acceptors (Lipinski definition) is 1. The quantitative estimate of drug-likeness (QED) is 0.842. The van der Waals surface area contributed by atoms with Gasteiger partial charge in [0.2, 0.25) is 0 Å². The maximum atomic E-state index is 3.89. The number of hydrogen-bond donors (Lipinski definition) is 1. The van der Waals surface area contributed by atoms with Gasteiger partial charge in [0, 0.05) is 12.6 Å². The number of nitrogens with one attached hydrogen (secondary N) is 1. The Kier molecular flexibility index (Phi) is 3.57. The molecule has 0 radical (unpaired) electrons. The minimum atomic E-state index is 0.636. The van der Waals surface area contributed by atoms with Gasteiger partial charge >= 0.3 is 0 Å². The van der Waals surface area contributed by atoms with Gasteiger partial charge in [0.05, 0.1) is 0 Å². The van der Waals surface area contributed by atoms with E-state index in [1.54, 1.807) is 0 Å². The molecule has 1 nitrogen and oxygen atoms in total. The third kappa shape index (κ3) is 2.44. The molecule has 21 heavy (non-hydrogen) atoms. The Hall–Kier alpha value is -0.820. The summed E-state index contributed by atoms with van der Waals surface area (Å²) in [4.78, 5) is 0. The second kappa shape index (κ2) is 5.43. The molecule has 1 N–H and O–H groups in total. The predicted molar refractivity (Wildman–Crippen MR) is 88.2 cm³/mol. The van der Waals surface area contributed by atoms with Crippen LogP contribution in [0.1, 0.15) is 63.0 Å². The fourth-order valence-electron chi connectivity index (χ4n) is 5.57. The smallest absolute Gasteiger partial charge is 0.0208 e. The van der Waals surface area contributed by atoms with E-state index in [0.29, 0.717) is 5.92 Å². The summed E-state index contributed by atoms with van der Waals surface area (Å²) in [5.74, 6) is 4.88. The summed E-state index contributed by atoms with van der Waals surface area (Å²) in [5, 5.41) is 3.89. The van der Waals surface area contributed by atoms with Crippen molar-refractivity contribution in [3.63, 3.8) is 0 Å². The van der Waals surface area contributed by atoms with Crippen LogP contribution in [0, 0.1) is 23.7 Å². The molecule has 0 amide bonds. The molecular formula is C20H29N. The Morgan fingerprint density at radius 1 is 1.00 bits per heavy atom. The molecule has 0 aromatic heterocycles. The van der Waals surface area contributed by atoms with Crippen molar-refractivity contribution < 1.29 is 0 Å². The van der Waals surface area contributed by atoms with Crippen molar-refractivity contribution in [2.45, 2.75) is 64.5 Å². The van der Waals surface area contributed by atoms with Crippen LogP contribution < -0.4 is 5.32 Å². The maximum absolute atomic E-state index is 3.89. The van der Waals surface area contributed by atoms with Crippen LogP contribution >= 0.6 is 0 Å². The molecule has 3 saturated carbocycles. The first-order valence-electron chi connectivity index (χ1n) is 9.04. The van der Waals surface area contributed by atoms with Gasteiger partial charge in [0.15, 0.2) is 0 Å². The van der Waals surface area contributed by atoms with Gasteiger partial charge in [-0.15, -0.1) is 0 Å². The summed E-state index contributed by atoms with van der Waals surface area (Å²) < 4.78 is 0. The average molecular weight is 283 g/mol. The van der Waals surface area contributed by atoms with E-state index in [1.807, 2.05) is 0 Å². The summed E-state index contributed by atoms with van der Waals surface area (Å²) >= 11 is 0. The lowest BCUT2D eigenvalue weighted by molar-refractivity contribution is 0.208. The molecule has 0 aliphatic heterocycles. The van der Waals surface area contributed by atoms with Crippen LogP contribution in [0.25, 0.3) is 0 Å². The van der Waals surface area contributed by atoms with E-state index in [4.69, 9.17) is 0 Å². The summed E-state index contributed by atoms with van der Waals surface area (Å²) in [6.07, 6.45) is 7.54. The Balaban J connectivity index is 1.35. The van der Waals surface area contributed by atoms with Crippen LogP contribution in [0.15, 0.2) is 24.3 Å². The molecule has 5 atom stereocenters. The van der Waals surface area contributed by atoms with E-state index in [-0.39, 0.29) is 0 Å². The zero-order chi connectivity index (χ0) is 14.4. The van der Waals surface area contributed by atoms with Gasteiger partial charge in [-0.1, -0.05) is 44.5 Å². The molecule has 0 saturated heterocycles. The first kappa shape index (κ1) is 13.8. The number of rotatable bonds is 4. The van der Waals surface area contributed by atoms with Gasteiger partial charge in [-0.25, -0.2) is 0 Å². The third-order valence-corrected chi connectivity index (χ3v) is 6.64. The molecule has 2 bridgehead atoms. The van der Waals surface area contributed by atoms with Crippen molar-refractivity contribution in [1.82, 2.24) is 5.32 Å². The summed E-state index contributed by atoms with van der Waals surface area (Å²) in [6.45, 7) is 5.59. The second-order valence-corrected chi connectivity index (χ2v) is 8.04. The normalized spacial score (nSPS) is 37.4. The standard InChI is InChI=1S/C20H29N/c1-13(2)15-8-6-14(7-9-15)12-21-20-11-16-10-19(20)18-5-3-4-17(16)18/h6-9,13,16-21H,3-5,10-12H2,1-2H3. The highest BCUT2D eigenvalue weighted by Gasteiger charge is 2.53. The number of benzene rings is 1. The first-order chi connectivity index (χ1) is 10.2. The predicted octanol–water partition coefficient (Wildman–Crippen LogP) is 4.72. The van der Waals surface area contributed by atoms with Crippen molar-refractivity contribution in [1.29, 1.82) is 0 Å². The molecule has 5 unspecified atom stereocenters. The lowest BCUT2D eigenvalue weighted by Crippen LogP contribution is -2.38. The average Bonchev–Trinajstić information content (AvgIpc) is 3.17. The molecule has 114 valence electrons. The van der Waals surface area contributed by atoms with Crippen molar-refractivity contribution in [2.75, 3.05) is 0 Å². The van der Waals surface area contributed by atoms with Crippen LogP contribution in [-0.4, -0.2) is 6.04 Å². The van der Waals surface area contributed by atoms with Gasteiger partial charge < -0.3 is 5.32 Å². The van der Waals surface area contributed by atoms with Crippen molar-refractivity contribution >= 4 is 0 Å². The second-order valence-electron chi connectivity index (χ2n) is 8.04. The number of fused-ring (bicyclic) bond motifs is 5. The van der Waals surface area contributed by atoms with E-state index in [0.717, 1.165) is 36.3 Å². The molecule has 4 rings (SSSR count). The van der Waals surface area contributed by atoms with Crippen LogP contribution in [0.2, 0.25) is 0 Å². The topological polar surface area (TPSA) is 12.0 Å². The van der Waals surface area contributed by atoms with Gasteiger partial charge in [0.25, 0.3) is 0 Å². The summed E-state index contributed by atoms with van der Waals surface area (Å²) in [6, 6.07) is 10.0. The minimum Gasteiger partial charge on any atom is -0.310 e. The van der Waals surface area contributed by atoms with Crippen molar-refractivity contribution in [3.05, 3.63) is 35.4 Å². The molecule has 0 heterocycles. The van der Waals surface area contributed by atoms with Gasteiger partial charge in [-0.3, -0.25) is 0 Å². The fourth-order valence-corrected chi connectivity index (χ4v) is 5.57. The maximum Gasteiger partial charge on any atom is 0.0208 e. The van der Waals surface area contributed by atoms with E-state index >= 15 is 0 Å². The highest BCUT2D eigenvalue weighted by atomic mass is 14.9. The van der Waals surface area contributed by atoms with Crippen LogP contribution in [0.3, 0.4) is 0 Å². The Bertz CT molecular complexity index is 489. The highest BCUT2D eigenvalue weighted by Crippen LogP contribution is 2.58. The van der Waals surface area contributed by atoms with Crippen LogP contribution in [0.5, 0.6) is 0 Å². The Labute approximate surface area is 129 Å². The Morgan fingerprint density at radius 2 is 1.76 bits per heavy atom. The molecular weight excluding hydrogens is 254 g/mol. The van der Waals surface area contributed by atoms with Gasteiger partial charge in [0.1, 0.15) is 0 Å². The molecule has 0 spiro atoms. The molecule has 3 aliphatic carbocycles. The van der Waals surface area contributed by atoms with E-state index in [2.05, 4.69) is 43.4 Å². The van der Waals surface area contributed by atoms with Gasteiger partial charge in [-0.2, -0.15) is 0 Å². The lowest BCUT2D eigenvalue weighted by atomic mass is 9.79. The summed E-state index contributed by atoms with van der Waals surface area (Å²) in [7, 11) is 0. The zero-order valence-electron chi connectivity index (χ0n) is 13.5. The molecule has 1 aromatic carbocycles. The van der Waals surface area contributed by atoms with Crippen LogP contribution in [0.4, 0.5) is 0 Å². The lowest BCUT2D eigenvalue weighted by Gasteiger charge is -2.32. The molecule has 3 fully saturated rings. The van der Waals surface area contributed by atoms with Crippen molar-refractivity contribution in [2.24, 2.45) is 23.7 Å². The molecule has 1 heteroatoms. The van der Waals surface area contributed by atoms with E-state index in [9.17, 15) is 0 Å². The molecule has 1 aromatic rings. The zero-order valence-corrected chi connectivity index (χ0v) is 13.5. The van der Waals surface area contributed by atoms with Crippen LogP contribution in [-0.2, 0) is 6.54 Å². The third-order valence-electron chi connectivity index (χ3n) is 6.64. The SMILES string of the molecule is CC(C)c1ccc(CNC2CC3CC2C2CCCC32)cc1. The fraction of sp³-hybridized carbons (Fsp3) is 0.700. The summed E-state index contributed by atoms with van der Waals surface area (Å²) in [5.41, 5.74) is 2.90. The van der Waals surface area contributed by atoms with E-state index in [1.165, 1.54) is 43.2 Å². The van der Waals surface area contributed by atoms with Gasteiger partial charge in [-0.05, 0) is 66.4 Å². The van der Waals surface area contributed by atoms with E-state index < -0.39 is 0 Å². The molecule has 3 aliphatic rings. The van der Waals surface area contributed by atoms with Crippen molar-refractivity contribution in [3.8, 4) is 0 Å². The monoisotopic (exact) mass is 283 g/mol. The minimum absolute atomic E-state index is 0.636. The largest absolute Gasteiger partial charge is 0.310 e.